The van der Waals surface area contributed by atoms with Gasteiger partial charge in [-0.1, -0.05) is 0 Å². The quantitative estimate of drug-likeness (QED) is 0.548. The predicted molar refractivity (Wildman–Crippen MR) is 39.7 cm³/mol. The highest BCUT2D eigenvalue weighted by Gasteiger charge is 2.12. The molecule has 1 atom stereocenters. The molecule has 0 radical (unpaired) electrons. The van der Waals surface area contributed by atoms with Crippen LogP contribution in [0.4, 0.5) is 0 Å². The van der Waals surface area contributed by atoms with Crippen LogP contribution in [-0.4, -0.2) is 0 Å². The van der Waals surface area contributed by atoms with Crippen molar-refractivity contribution in [1.82, 2.24) is 0 Å². The van der Waals surface area contributed by atoms with Crippen molar-refractivity contribution in [2.45, 2.75) is 6.42 Å². The summed E-state index contributed by atoms with van der Waals surface area (Å²) in [5, 5.41) is 17.0. The molecule has 0 aliphatic heterocycles. The first-order valence-corrected chi connectivity index (χ1v) is 3.24. The Bertz CT molecular complexity index is 298. The van der Waals surface area contributed by atoms with Gasteiger partial charge < -0.3 is 5.73 Å². The molecule has 1 rings (SSSR count). The van der Waals surface area contributed by atoms with Crippen LogP contribution in [0, 0.1) is 28.6 Å². The molecule has 3 heteroatoms. The van der Waals surface area contributed by atoms with Gasteiger partial charge in [0.1, 0.15) is 0 Å². The zero-order chi connectivity index (χ0) is 8.27. The minimum Gasteiger partial charge on any atom is -0.399 e. The van der Waals surface area contributed by atoms with Crippen molar-refractivity contribution < 1.29 is 0 Å². The number of hydrogen-bond acceptors (Lipinski definition) is 3. The van der Waals surface area contributed by atoms with E-state index in [0.29, 0.717) is 17.7 Å². The lowest BCUT2D eigenvalue weighted by molar-refractivity contribution is 0.802. The van der Waals surface area contributed by atoms with Crippen LogP contribution in [0.1, 0.15) is 6.42 Å². The molecule has 0 aromatic carbocycles. The molecule has 3 nitrogen and oxygen atoms in total. The van der Waals surface area contributed by atoms with Crippen LogP contribution < -0.4 is 5.73 Å². The van der Waals surface area contributed by atoms with Crippen LogP contribution in [0.2, 0.25) is 0 Å². The van der Waals surface area contributed by atoms with E-state index in [2.05, 4.69) is 6.07 Å². The molecule has 11 heavy (non-hydrogen) atoms. The Kier molecular flexibility index (Phi) is 1.94. The molecule has 0 saturated carbocycles. The Balaban J connectivity index is 2.87. The van der Waals surface area contributed by atoms with Gasteiger partial charge in [-0.25, -0.2) is 0 Å². The third-order valence-corrected chi connectivity index (χ3v) is 1.48. The van der Waals surface area contributed by atoms with Crippen LogP contribution in [0.5, 0.6) is 0 Å². The van der Waals surface area contributed by atoms with Gasteiger partial charge in [-0.15, -0.1) is 0 Å². The van der Waals surface area contributed by atoms with Gasteiger partial charge in [0.05, 0.1) is 18.1 Å². The zero-order valence-electron chi connectivity index (χ0n) is 5.91. The molecule has 0 saturated heterocycles. The molecule has 0 fully saturated rings. The highest BCUT2D eigenvalue weighted by atomic mass is 14.6. The zero-order valence-corrected chi connectivity index (χ0v) is 5.91. The molecule has 1 unspecified atom stereocenters. The maximum Gasteiger partial charge on any atom is 0.0948 e. The second-order valence-electron chi connectivity index (χ2n) is 2.39. The van der Waals surface area contributed by atoms with Crippen molar-refractivity contribution in [3.8, 4) is 12.1 Å². The monoisotopic (exact) mass is 145 g/mol. The maximum atomic E-state index is 8.54. The topological polar surface area (TPSA) is 73.6 Å². The van der Waals surface area contributed by atoms with Crippen molar-refractivity contribution in [2.24, 2.45) is 11.7 Å². The SMILES string of the molecule is N#CC1=CC(N)=CC(C#N)C1. The predicted octanol–water partition coefficient (Wildman–Crippen LogP) is 0.822. The Morgan fingerprint density at radius 1 is 1.55 bits per heavy atom. The summed E-state index contributed by atoms with van der Waals surface area (Å²) in [6.07, 6.45) is 3.77. The van der Waals surface area contributed by atoms with Crippen molar-refractivity contribution in [3.05, 3.63) is 23.4 Å². The summed E-state index contributed by atoms with van der Waals surface area (Å²) in [7, 11) is 0. The number of nitrogens with zero attached hydrogens (tertiary/aromatic N) is 2. The Hall–Kier alpha value is -1.74. The molecule has 2 N–H and O–H groups in total. The number of nitriles is 2. The van der Waals surface area contributed by atoms with E-state index in [4.69, 9.17) is 16.3 Å². The molecular weight excluding hydrogens is 138 g/mol. The second-order valence-corrected chi connectivity index (χ2v) is 2.39. The van der Waals surface area contributed by atoms with Crippen molar-refractivity contribution in [2.75, 3.05) is 0 Å². The van der Waals surface area contributed by atoms with Gasteiger partial charge in [0.15, 0.2) is 0 Å². The molecule has 1 aliphatic carbocycles. The molecule has 1 aliphatic rings. The van der Waals surface area contributed by atoms with Crippen LogP contribution in [0.25, 0.3) is 0 Å². The average molecular weight is 145 g/mol. The van der Waals surface area contributed by atoms with E-state index in [1.807, 2.05) is 6.07 Å². The molecule has 0 aromatic rings. The maximum absolute atomic E-state index is 8.54. The number of allylic oxidation sites excluding steroid dienone is 3. The van der Waals surface area contributed by atoms with E-state index in [-0.39, 0.29) is 5.92 Å². The summed E-state index contributed by atoms with van der Waals surface area (Å²) in [5.74, 6) is -0.227. The van der Waals surface area contributed by atoms with E-state index < -0.39 is 0 Å². The van der Waals surface area contributed by atoms with Crippen molar-refractivity contribution in [3.63, 3.8) is 0 Å². The van der Waals surface area contributed by atoms with Crippen molar-refractivity contribution >= 4 is 0 Å². The third kappa shape index (κ3) is 1.59. The fourth-order valence-electron chi connectivity index (χ4n) is 0.997. The standard InChI is InChI=1S/C8H7N3/c9-4-6-1-7(5-10)3-8(11)2-6/h2-3,6H,1,11H2. The minimum atomic E-state index is -0.227. The Morgan fingerprint density at radius 2 is 2.27 bits per heavy atom. The lowest BCUT2D eigenvalue weighted by Crippen LogP contribution is -2.06. The van der Waals surface area contributed by atoms with E-state index in [1.54, 1.807) is 12.2 Å². The fourth-order valence-corrected chi connectivity index (χ4v) is 0.997. The van der Waals surface area contributed by atoms with E-state index in [9.17, 15) is 0 Å². The fraction of sp³-hybridized carbons (Fsp3) is 0.250. The van der Waals surface area contributed by atoms with Crippen LogP contribution >= 0.6 is 0 Å². The third-order valence-electron chi connectivity index (χ3n) is 1.48. The minimum absolute atomic E-state index is 0.227. The summed E-state index contributed by atoms with van der Waals surface area (Å²) in [4.78, 5) is 0. The molecule has 0 bridgehead atoms. The van der Waals surface area contributed by atoms with Crippen LogP contribution in [-0.2, 0) is 0 Å². The largest absolute Gasteiger partial charge is 0.399 e. The van der Waals surface area contributed by atoms with Gasteiger partial charge >= 0.3 is 0 Å². The molecule has 0 spiro atoms. The van der Waals surface area contributed by atoms with Gasteiger partial charge in [-0.3, -0.25) is 0 Å². The molecular formula is C8H7N3. The van der Waals surface area contributed by atoms with E-state index in [1.165, 1.54) is 0 Å². The van der Waals surface area contributed by atoms with E-state index in [0.717, 1.165) is 0 Å². The normalized spacial score (nSPS) is 22.5. The van der Waals surface area contributed by atoms with Gasteiger partial charge in [0, 0.05) is 17.7 Å². The summed E-state index contributed by atoms with van der Waals surface area (Å²) < 4.78 is 0. The van der Waals surface area contributed by atoms with Crippen LogP contribution in [0.15, 0.2) is 23.4 Å². The highest BCUT2D eigenvalue weighted by Crippen LogP contribution is 2.18. The summed E-state index contributed by atoms with van der Waals surface area (Å²) in [5.41, 5.74) is 6.54. The van der Waals surface area contributed by atoms with Gasteiger partial charge in [0.2, 0.25) is 0 Å². The summed E-state index contributed by atoms with van der Waals surface area (Å²) in [6, 6.07) is 4.04. The lowest BCUT2D eigenvalue weighted by atomic mass is 9.95. The molecule has 0 aromatic heterocycles. The Labute approximate surface area is 65.0 Å². The lowest BCUT2D eigenvalue weighted by Gasteiger charge is -2.08. The van der Waals surface area contributed by atoms with Crippen LogP contribution in [0.3, 0.4) is 0 Å². The second kappa shape index (κ2) is 2.90. The number of hydrogen-bond donors (Lipinski definition) is 1. The first-order chi connectivity index (χ1) is 5.26. The smallest absolute Gasteiger partial charge is 0.0948 e. The molecule has 0 amide bonds. The summed E-state index contributed by atoms with van der Waals surface area (Å²) >= 11 is 0. The van der Waals surface area contributed by atoms with Crippen molar-refractivity contribution in [1.29, 1.82) is 10.5 Å². The number of nitrogens with two attached hydrogens (primary N) is 1. The summed E-state index contributed by atoms with van der Waals surface area (Å²) in [6.45, 7) is 0. The molecule has 0 heterocycles. The Morgan fingerprint density at radius 3 is 2.82 bits per heavy atom. The first kappa shape index (κ1) is 7.37. The average Bonchev–Trinajstić information content (AvgIpc) is 2.03. The van der Waals surface area contributed by atoms with E-state index >= 15 is 0 Å². The van der Waals surface area contributed by atoms with Gasteiger partial charge in [-0.2, -0.15) is 10.5 Å². The van der Waals surface area contributed by atoms with Gasteiger partial charge in [-0.05, 0) is 12.2 Å². The first-order valence-electron chi connectivity index (χ1n) is 3.24. The number of rotatable bonds is 0. The highest BCUT2D eigenvalue weighted by molar-refractivity contribution is 5.36. The molecule has 54 valence electrons. The van der Waals surface area contributed by atoms with Gasteiger partial charge in [0.25, 0.3) is 0 Å².